The Morgan fingerprint density at radius 2 is 2.30 bits per heavy atom. The summed E-state index contributed by atoms with van der Waals surface area (Å²) in [5, 5.41) is 0. The van der Waals surface area contributed by atoms with E-state index in [1.807, 2.05) is 0 Å². The molecule has 1 aliphatic heterocycles. The molecule has 0 radical (unpaired) electrons. The summed E-state index contributed by atoms with van der Waals surface area (Å²) in [5.41, 5.74) is 0. The molecule has 1 heterocycles. The molecule has 0 aromatic rings. The topological polar surface area (TPSA) is 3.24 Å². The molecule has 0 amide bonds. The minimum absolute atomic E-state index is 0.766. The molecule has 1 fully saturated rings. The maximum atomic E-state index is 4.42. The smallest absolute Gasteiger partial charge is 0.0200 e. The maximum Gasteiger partial charge on any atom is 0.0200 e. The number of piperidine rings is 1. The zero-order valence-electron chi connectivity index (χ0n) is 6.71. The van der Waals surface area contributed by atoms with Gasteiger partial charge in [-0.15, -0.1) is 0 Å². The van der Waals surface area contributed by atoms with Crippen LogP contribution in [0.4, 0.5) is 0 Å². The van der Waals surface area contributed by atoms with Crippen molar-refractivity contribution in [3.63, 3.8) is 0 Å². The summed E-state index contributed by atoms with van der Waals surface area (Å²) in [5.74, 6) is 0. The van der Waals surface area contributed by atoms with Gasteiger partial charge in [0.25, 0.3) is 0 Å². The van der Waals surface area contributed by atoms with E-state index in [0.29, 0.717) is 0 Å². The molecule has 0 N–H and O–H groups in total. The van der Waals surface area contributed by atoms with Crippen LogP contribution in [-0.2, 0) is 0 Å². The van der Waals surface area contributed by atoms with E-state index in [2.05, 4.69) is 24.0 Å². The molecule has 1 atom stereocenters. The predicted octanol–water partition coefficient (Wildman–Crippen LogP) is 2.49. The number of rotatable bonds is 2. The Labute approximate surface area is 69.3 Å². The van der Waals surface area contributed by atoms with Crippen molar-refractivity contribution in [3.05, 3.63) is 0 Å². The molecule has 0 saturated carbocycles. The second kappa shape index (κ2) is 4.24. The van der Waals surface area contributed by atoms with Crippen LogP contribution in [0.5, 0.6) is 0 Å². The van der Waals surface area contributed by atoms with Gasteiger partial charge in [0, 0.05) is 12.6 Å². The van der Waals surface area contributed by atoms with Crippen LogP contribution in [0.1, 0.15) is 39.0 Å². The zero-order valence-corrected chi connectivity index (χ0v) is 7.61. The van der Waals surface area contributed by atoms with Crippen molar-refractivity contribution < 1.29 is 0 Å². The summed E-state index contributed by atoms with van der Waals surface area (Å²) in [7, 11) is 0. The Bertz CT molecular complexity index is 93.3. The van der Waals surface area contributed by atoms with Crippen molar-refractivity contribution >= 4 is 12.8 Å². The molecule has 2 heteroatoms. The fourth-order valence-electron chi connectivity index (χ4n) is 1.61. The summed E-state index contributed by atoms with van der Waals surface area (Å²) in [6.07, 6.45) is 6.72. The molecule has 1 nitrogen and oxygen atoms in total. The van der Waals surface area contributed by atoms with Crippen LogP contribution < -0.4 is 0 Å². The first-order chi connectivity index (χ1) is 4.84. The number of hydrogen-bond acceptors (Lipinski definition) is 2. The highest BCUT2D eigenvalue weighted by atomic mass is 32.1. The van der Waals surface area contributed by atoms with E-state index in [4.69, 9.17) is 0 Å². The summed E-state index contributed by atoms with van der Waals surface area (Å²) >= 11 is 4.42. The van der Waals surface area contributed by atoms with Crippen LogP contribution in [0.3, 0.4) is 0 Å². The number of hydrogen-bond donors (Lipinski definition) is 1. The first kappa shape index (κ1) is 8.41. The third kappa shape index (κ3) is 2.17. The van der Waals surface area contributed by atoms with Gasteiger partial charge in [-0.25, -0.2) is 0 Å². The van der Waals surface area contributed by atoms with Crippen molar-refractivity contribution in [1.29, 1.82) is 0 Å². The summed E-state index contributed by atoms with van der Waals surface area (Å²) in [6, 6.07) is 0.766. The van der Waals surface area contributed by atoms with Gasteiger partial charge in [-0.2, -0.15) is 0 Å². The Balaban J connectivity index is 2.25. The summed E-state index contributed by atoms with van der Waals surface area (Å²) in [4.78, 5) is 0. The molecule has 0 bridgehead atoms. The van der Waals surface area contributed by atoms with Crippen molar-refractivity contribution in [2.75, 3.05) is 6.54 Å². The fourth-order valence-corrected chi connectivity index (χ4v) is 1.98. The average Bonchev–Trinajstić information content (AvgIpc) is 1.94. The van der Waals surface area contributed by atoms with Crippen LogP contribution in [-0.4, -0.2) is 16.9 Å². The van der Waals surface area contributed by atoms with E-state index in [1.165, 1.54) is 38.6 Å². The molecule has 0 aliphatic carbocycles. The lowest BCUT2D eigenvalue weighted by atomic mass is 10.0. The van der Waals surface area contributed by atoms with Gasteiger partial charge < -0.3 is 0 Å². The molecule has 0 aromatic heterocycles. The van der Waals surface area contributed by atoms with Gasteiger partial charge in [0.15, 0.2) is 0 Å². The van der Waals surface area contributed by atoms with Crippen molar-refractivity contribution in [2.45, 2.75) is 45.1 Å². The maximum absolute atomic E-state index is 4.42. The van der Waals surface area contributed by atoms with E-state index < -0.39 is 0 Å². The molecule has 1 saturated heterocycles. The summed E-state index contributed by atoms with van der Waals surface area (Å²) in [6.45, 7) is 3.43. The normalized spacial score (nSPS) is 28.8. The lowest BCUT2D eigenvalue weighted by Crippen LogP contribution is -2.31. The standard InChI is InChI=1S/C8H17NS/c1-2-5-8-6-3-4-7-9(8)10/h8,10H,2-7H2,1H3. The Hall–Kier alpha value is 0.310. The predicted molar refractivity (Wildman–Crippen MR) is 48.2 cm³/mol. The highest BCUT2D eigenvalue weighted by molar-refractivity contribution is 7.77. The molecule has 10 heavy (non-hydrogen) atoms. The first-order valence-electron chi connectivity index (χ1n) is 4.30. The van der Waals surface area contributed by atoms with Crippen LogP contribution in [0, 0.1) is 0 Å². The van der Waals surface area contributed by atoms with Crippen molar-refractivity contribution in [3.8, 4) is 0 Å². The van der Waals surface area contributed by atoms with Gasteiger partial charge in [-0.1, -0.05) is 32.6 Å². The monoisotopic (exact) mass is 159 g/mol. The van der Waals surface area contributed by atoms with Gasteiger partial charge >= 0.3 is 0 Å². The molecule has 1 rings (SSSR count). The number of thiol groups is 1. The van der Waals surface area contributed by atoms with E-state index in [-0.39, 0.29) is 0 Å². The van der Waals surface area contributed by atoms with Gasteiger partial charge in [0.2, 0.25) is 0 Å². The minimum Gasteiger partial charge on any atom is -0.250 e. The SMILES string of the molecule is CCCC1CCCCN1S. The summed E-state index contributed by atoms with van der Waals surface area (Å²) < 4.78 is 2.22. The van der Waals surface area contributed by atoms with Crippen molar-refractivity contribution in [2.24, 2.45) is 0 Å². The average molecular weight is 159 g/mol. The second-order valence-corrected chi connectivity index (χ2v) is 3.62. The molecular formula is C8H17NS. The van der Waals surface area contributed by atoms with E-state index >= 15 is 0 Å². The van der Waals surface area contributed by atoms with Crippen LogP contribution in [0.2, 0.25) is 0 Å². The highest BCUT2D eigenvalue weighted by Crippen LogP contribution is 2.21. The molecular weight excluding hydrogens is 142 g/mol. The molecule has 0 spiro atoms. The minimum atomic E-state index is 0.766. The fraction of sp³-hybridized carbons (Fsp3) is 1.00. The quantitative estimate of drug-likeness (QED) is 0.606. The third-order valence-electron chi connectivity index (χ3n) is 2.22. The van der Waals surface area contributed by atoms with E-state index in [9.17, 15) is 0 Å². The molecule has 1 unspecified atom stereocenters. The lowest BCUT2D eigenvalue weighted by Gasteiger charge is -2.30. The Kier molecular flexibility index (Phi) is 3.57. The van der Waals surface area contributed by atoms with Gasteiger partial charge in [0.1, 0.15) is 0 Å². The van der Waals surface area contributed by atoms with Crippen LogP contribution in [0.15, 0.2) is 0 Å². The third-order valence-corrected chi connectivity index (χ3v) is 2.74. The van der Waals surface area contributed by atoms with Crippen molar-refractivity contribution in [1.82, 2.24) is 4.31 Å². The first-order valence-corrected chi connectivity index (χ1v) is 4.70. The Morgan fingerprint density at radius 3 is 2.90 bits per heavy atom. The van der Waals surface area contributed by atoms with E-state index in [1.54, 1.807) is 0 Å². The van der Waals surface area contributed by atoms with Crippen LogP contribution in [0.25, 0.3) is 0 Å². The van der Waals surface area contributed by atoms with Gasteiger partial charge in [0.05, 0.1) is 0 Å². The van der Waals surface area contributed by atoms with Gasteiger partial charge in [-0.05, 0) is 19.3 Å². The van der Waals surface area contributed by atoms with E-state index in [0.717, 1.165) is 6.04 Å². The largest absolute Gasteiger partial charge is 0.250 e. The number of nitrogens with zero attached hydrogens (tertiary/aromatic N) is 1. The second-order valence-electron chi connectivity index (χ2n) is 3.10. The molecule has 0 aromatic carbocycles. The zero-order chi connectivity index (χ0) is 7.40. The molecule has 1 aliphatic rings. The molecule has 60 valence electrons. The lowest BCUT2D eigenvalue weighted by molar-refractivity contribution is 0.263. The van der Waals surface area contributed by atoms with Gasteiger partial charge in [-0.3, -0.25) is 4.31 Å². The van der Waals surface area contributed by atoms with Crippen LogP contribution >= 0.6 is 12.8 Å². The Morgan fingerprint density at radius 1 is 1.50 bits per heavy atom. The highest BCUT2D eigenvalue weighted by Gasteiger charge is 2.17.